The molecule has 0 aromatic heterocycles. The summed E-state index contributed by atoms with van der Waals surface area (Å²) >= 11 is 0. The zero-order chi connectivity index (χ0) is 26.3. The number of fused-ring (bicyclic) bond motifs is 1. The minimum Gasteiger partial charge on any atom is -0.493 e. The van der Waals surface area contributed by atoms with Gasteiger partial charge < -0.3 is 29.6 Å². The van der Waals surface area contributed by atoms with E-state index in [-0.39, 0.29) is 18.3 Å². The maximum absolute atomic E-state index is 12.5. The van der Waals surface area contributed by atoms with Crippen molar-refractivity contribution in [1.29, 1.82) is 0 Å². The van der Waals surface area contributed by atoms with Gasteiger partial charge in [0.25, 0.3) is 5.91 Å². The average molecular weight is 497 g/mol. The average Bonchev–Trinajstić information content (AvgIpc) is 3.11. The van der Waals surface area contributed by atoms with E-state index in [1.807, 2.05) is 0 Å². The standard InChI is InChI=1S/C27H32N2O7/c1-27(2,3)36-26(32)28-13-7-6-8-24(30)35-18-11-9-17(10-12-18)14-20-19-15-22(33-4)23(34-5)16-21(19)29-25(20)31/h9-12,14-16H,6-8,13H2,1-5H3,(H,28,32)(H,29,31)/b20-14+. The van der Waals surface area contributed by atoms with Crippen LogP contribution in [0.4, 0.5) is 10.5 Å². The van der Waals surface area contributed by atoms with Gasteiger partial charge in [0.1, 0.15) is 11.4 Å². The molecule has 3 rings (SSSR count). The number of hydrogen-bond donors (Lipinski definition) is 2. The number of hydrogen-bond acceptors (Lipinski definition) is 7. The number of rotatable bonds is 9. The molecule has 2 aromatic carbocycles. The van der Waals surface area contributed by atoms with Crippen LogP contribution in [0.3, 0.4) is 0 Å². The number of amides is 2. The Bertz CT molecular complexity index is 1150. The summed E-state index contributed by atoms with van der Waals surface area (Å²) < 4.78 is 21.2. The molecule has 0 unspecified atom stereocenters. The highest BCUT2D eigenvalue weighted by molar-refractivity contribution is 6.35. The van der Waals surface area contributed by atoms with Crippen LogP contribution in [0.1, 0.15) is 51.2 Å². The lowest BCUT2D eigenvalue weighted by Gasteiger charge is -2.19. The van der Waals surface area contributed by atoms with Gasteiger partial charge in [-0.25, -0.2) is 4.79 Å². The second-order valence-corrected chi connectivity index (χ2v) is 9.19. The van der Waals surface area contributed by atoms with Crippen LogP contribution in [0.5, 0.6) is 17.2 Å². The highest BCUT2D eigenvalue weighted by Crippen LogP contribution is 2.41. The quantitative estimate of drug-likeness (QED) is 0.222. The molecule has 192 valence electrons. The number of alkyl carbamates (subject to hydrolysis) is 1. The van der Waals surface area contributed by atoms with E-state index >= 15 is 0 Å². The predicted molar refractivity (Wildman–Crippen MR) is 136 cm³/mol. The lowest BCUT2D eigenvalue weighted by Crippen LogP contribution is -2.33. The van der Waals surface area contributed by atoms with Gasteiger partial charge >= 0.3 is 12.1 Å². The van der Waals surface area contributed by atoms with Gasteiger partial charge in [-0.2, -0.15) is 0 Å². The molecule has 1 aliphatic rings. The fourth-order valence-corrected chi connectivity index (χ4v) is 3.54. The van der Waals surface area contributed by atoms with Crippen LogP contribution in [0.15, 0.2) is 36.4 Å². The first-order valence-corrected chi connectivity index (χ1v) is 11.7. The van der Waals surface area contributed by atoms with Crippen molar-refractivity contribution in [3.63, 3.8) is 0 Å². The molecule has 0 bridgehead atoms. The fourth-order valence-electron chi connectivity index (χ4n) is 3.54. The minimum absolute atomic E-state index is 0.225. The molecular weight excluding hydrogens is 464 g/mol. The molecule has 0 saturated carbocycles. The number of nitrogens with one attached hydrogen (secondary N) is 2. The van der Waals surface area contributed by atoms with Gasteiger partial charge in [-0.3, -0.25) is 9.59 Å². The summed E-state index contributed by atoms with van der Waals surface area (Å²) in [6.45, 7) is 5.81. The molecule has 2 aromatic rings. The van der Waals surface area contributed by atoms with Crippen LogP contribution in [0.25, 0.3) is 11.6 Å². The van der Waals surface area contributed by atoms with Gasteiger partial charge in [-0.05, 0) is 63.5 Å². The summed E-state index contributed by atoms with van der Waals surface area (Å²) in [6.07, 6.45) is 2.71. The zero-order valence-electron chi connectivity index (χ0n) is 21.2. The van der Waals surface area contributed by atoms with E-state index in [4.69, 9.17) is 18.9 Å². The molecule has 1 aliphatic heterocycles. The lowest BCUT2D eigenvalue weighted by molar-refractivity contribution is -0.134. The highest BCUT2D eigenvalue weighted by Gasteiger charge is 2.26. The normalized spacial score (nSPS) is 13.6. The summed E-state index contributed by atoms with van der Waals surface area (Å²) in [5, 5.41) is 5.49. The maximum atomic E-state index is 12.5. The van der Waals surface area contributed by atoms with Crippen molar-refractivity contribution in [2.75, 3.05) is 26.1 Å². The Hall–Kier alpha value is -4.01. The smallest absolute Gasteiger partial charge is 0.407 e. The van der Waals surface area contributed by atoms with Crippen molar-refractivity contribution < 1.29 is 33.3 Å². The summed E-state index contributed by atoms with van der Waals surface area (Å²) in [4.78, 5) is 36.3. The van der Waals surface area contributed by atoms with E-state index < -0.39 is 11.7 Å². The zero-order valence-corrected chi connectivity index (χ0v) is 21.2. The van der Waals surface area contributed by atoms with Gasteiger partial charge in [-0.15, -0.1) is 0 Å². The van der Waals surface area contributed by atoms with Crippen LogP contribution in [-0.4, -0.2) is 44.3 Å². The molecule has 0 spiro atoms. The Labute approximate surface area is 210 Å². The second kappa shape index (κ2) is 11.6. The number of methoxy groups -OCH3 is 2. The Morgan fingerprint density at radius 3 is 2.31 bits per heavy atom. The molecule has 2 amide bonds. The third-order valence-electron chi connectivity index (χ3n) is 5.21. The van der Waals surface area contributed by atoms with Gasteiger partial charge in [0.2, 0.25) is 0 Å². The summed E-state index contributed by atoms with van der Waals surface area (Å²) in [7, 11) is 3.08. The Balaban J connectivity index is 1.52. The third kappa shape index (κ3) is 7.24. The van der Waals surface area contributed by atoms with Crippen molar-refractivity contribution in [2.24, 2.45) is 0 Å². The van der Waals surface area contributed by atoms with E-state index in [1.54, 1.807) is 70.4 Å². The van der Waals surface area contributed by atoms with E-state index in [1.165, 1.54) is 7.11 Å². The lowest BCUT2D eigenvalue weighted by atomic mass is 10.0. The molecule has 0 saturated heterocycles. The van der Waals surface area contributed by atoms with Crippen LogP contribution in [-0.2, 0) is 14.3 Å². The van der Waals surface area contributed by atoms with Crippen molar-refractivity contribution in [3.8, 4) is 17.2 Å². The van der Waals surface area contributed by atoms with E-state index in [9.17, 15) is 14.4 Å². The highest BCUT2D eigenvalue weighted by atomic mass is 16.6. The van der Waals surface area contributed by atoms with E-state index in [0.717, 1.165) is 5.56 Å². The van der Waals surface area contributed by atoms with Crippen molar-refractivity contribution >= 4 is 35.3 Å². The van der Waals surface area contributed by atoms with Crippen molar-refractivity contribution in [2.45, 2.75) is 45.6 Å². The van der Waals surface area contributed by atoms with Gasteiger partial charge in [0.05, 0.1) is 19.9 Å². The molecular formula is C27H32N2O7. The monoisotopic (exact) mass is 496 g/mol. The van der Waals surface area contributed by atoms with Crippen LogP contribution < -0.4 is 24.8 Å². The third-order valence-corrected chi connectivity index (χ3v) is 5.21. The Kier molecular flexibility index (Phi) is 8.58. The predicted octanol–water partition coefficient (Wildman–Crippen LogP) is 4.80. The van der Waals surface area contributed by atoms with E-state index in [0.29, 0.717) is 53.5 Å². The number of esters is 1. The number of benzene rings is 2. The molecule has 2 N–H and O–H groups in total. The number of carbonyl (C=O) groups excluding carboxylic acids is 3. The summed E-state index contributed by atoms with van der Waals surface area (Å²) in [5.41, 5.74) is 2.09. The largest absolute Gasteiger partial charge is 0.493 e. The Morgan fingerprint density at radius 1 is 1.00 bits per heavy atom. The number of carbonyl (C=O) groups is 3. The number of anilines is 1. The second-order valence-electron chi connectivity index (χ2n) is 9.19. The molecule has 0 radical (unpaired) electrons. The van der Waals surface area contributed by atoms with Crippen LogP contribution in [0, 0.1) is 0 Å². The minimum atomic E-state index is -0.546. The van der Waals surface area contributed by atoms with Crippen molar-refractivity contribution in [1.82, 2.24) is 5.32 Å². The first kappa shape index (κ1) is 26.6. The SMILES string of the molecule is COc1cc2c(cc1OC)/C(=C\c1ccc(OC(=O)CCCCNC(=O)OC(C)(C)C)cc1)C(=O)N2. The van der Waals surface area contributed by atoms with E-state index in [2.05, 4.69) is 10.6 Å². The molecule has 9 nitrogen and oxygen atoms in total. The first-order valence-electron chi connectivity index (χ1n) is 11.7. The first-order chi connectivity index (χ1) is 17.1. The van der Waals surface area contributed by atoms with Gasteiger partial charge in [-0.1, -0.05) is 12.1 Å². The molecule has 1 heterocycles. The molecule has 0 aliphatic carbocycles. The fraction of sp³-hybridized carbons (Fsp3) is 0.370. The molecule has 9 heteroatoms. The van der Waals surface area contributed by atoms with Crippen LogP contribution >= 0.6 is 0 Å². The van der Waals surface area contributed by atoms with Crippen molar-refractivity contribution in [3.05, 3.63) is 47.5 Å². The Morgan fingerprint density at radius 2 is 1.67 bits per heavy atom. The summed E-state index contributed by atoms with van der Waals surface area (Å²) in [6, 6.07) is 10.4. The maximum Gasteiger partial charge on any atom is 0.407 e. The molecule has 0 atom stereocenters. The molecule has 36 heavy (non-hydrogen) atoms. The topological polar surface area (TPSA) is 112 Å². The number of unbranched alkanes of at least 4 members (excludes halogenated alkanes) is 1. The van der Waals surface area contributed by atoms with Gasteiger partial charge in [0.15, 0.2) is 11.5 Å². The van der Waals surface area contributed by atoms with Crippen LogP contribution in [0.2, 0.25) is 0 Å². The number of ether oxygens (including phenoxy) is 4. The summed E-state index contributed by atoms with van der Waals surface area (Å²) in [5.74, 6) is 0.891. The van der Waals surface area contributed by atoms with Gasteiger partial charge in [0, 0.05) is 30.2 Å². The molecule has 0 fully saturated rings.